The summed E-state index contributed by atoms with van der Waals surface area (Å²) in [6.07, 6.45) is 4.25. The van der Waals surface area contributed by atoms with E-state index in [9.17, 15) is 14.7 Å². The molecular weight excluding hydrogens is 462 g/mol. The van der Waals surface area contributed by atoms with Crippen molar-refractivity contribution in [1.29, 1.82) is 0 Å². The third kappa shape index (κ3) is 4.66. The van der Waals surface area contributed by atoms with Crippen LogP contribution in [-0.2, 0) is 22.4 Å². The van der Waals surface area contributed by atoms with Crippen LogP contribution in [0, 0.1) is 0 Å². The van der Waals surface area contributed by atoms with Crippen molar-refractivity contribution in [3.63, 3.8) is 0 Å². The summed E-state index contributed by atoms with van der Waals surface area (Å²) >= 11 is 0. The van der Waals surface area contributed by atoms with Crippen LogP contribution in [0.15, 0.2) is 72.3 Å². The molecule has 2 aliphatic rings. The number of amides is 1. The Labute approximate surface area is 218 Å². The van der Waals surface area contributed by atoms with Gasteiger partial charge in [-0.2, -0.15) is 0 Å². The Kier molecular flexibility index (Phi) is 6.88. The molecule has 0 spiro atoms. The van der Waals surface area contributed by atoms with E-state index in [1.54, 1.807) is 12.1 Å². The molecule has 3 aromatic carbocycles. The number of rotatable bonds is 6. The summed E-state index contributed by atoms with van der Waals surface area (Å²) in [5, 5.41) is 11.5. The SMILES string of the molecule is CCOc1cccc(N2C(=O)C(=O)/C(=C(\O)c3ccc4c(c3)CCCC4)C2c2ccc(C(C)C)cc2)c1. The average molecular weight is 496 g/mol. The highest BCUT2D eigenvalue weighted by atomic mass is 16.5. The summed E-state index contributed by atoms with van der Waals surface area (Å²) in [6.45, 7) is 6.63. The maximum Gasteiger partial charge on any atom is 0.300 e. The number of fused-ring (bicyclic) bond motifs is 1. The molecule has 0 saturated carbocycles. The zero-order valence-electron chi connectivity index (χ0n) is 21.7. The van der Waals surface area contributed by atoms with Gasteiger partial charge in [0.2, 0.25) is 0 Å². The van der Waals surface area contributed by atoms with Gasteiger partial charge in [-0.3, -0.25) is 14.5 Å². The molecule has 0 radical (unpaired) electrons. The van der Waals surface area contributed by atoms with Crippen LogP contribution in [-0.4, -0.2) is 23.4 Å². The van der Waals surface area contributed by atoms with Crippen molar-refractivity contribution in [2.75, 3.05) is 11.5 Å². The molecule has 3 aromatic rings. The zero-order chi connectivity index (χ0) is 26.1. The molecule has 5 rings (SSSR count). The fourth-order valence-electron chi connectivity index (χ4n) is 5.40. The summed E-state index contributed by atoms with van der Waals surface area (Å²) in [4.78, 5) is 28.5. The van der Waals surface area contributed by atoms with Gasteiger partial charge in [-0.25, -0.2) is 0 Å². The second-order valence-corrected chi connectivity index (χ2v) is 10.1. The highest BCUT2D eigenvalue weighted by Gasteiger charge is 2.47. The molecule has 0 bridgehead atoms. The summed E-state index contributed by atoms with van der Waals surface area (Å²) in [5.74, 6) is -0.515. The van der Waals surface area contributed by atoms with Crippen molar-refractivity contribution < 1.29 is 19.4 Å². The number of hydrogen-bond acceptors (Lipinski definition) is 4. The van der Waals surface area contributed by atoms with Crippen LogP contribution in [0.4, 0.5) is 5.69 Å². The van der Waals surface area contributed by atoms with Crippen molar-refractivity contribution in [3.8, 4) is 5.75 Å². The monoisotopic (exact) mass is 495 g/mol. The molecule has 1 atom stereocenters. The van der Waals surface area contributed by atoms with Crippen LogP contribution in [0.1, 0.15) is 73.4 Å². The second-order valence-electron chi connectivity index (χ2n) is 10.1. The van der Waals surface area contributed by atoms with E-state index in [-0.39, 0.29) is 11.3 Å². The lowest BCUT2D eigenvalue weighted by molar-refractivity contribution is -0.132. The Balaban J connectivity index is 1.67. The van der Waals surface area contributed by atoms with Crippen molar-refractivity contribution in [1.82, 2.24) is 0 Å². The van der Waals surface area contributed by atoms with Crippen LogP contribution in [0.3, 0.4) is 0 Å². The number of benzene rings is 3. The van der Waals surface area contributed by atoms with Gasteiger partial charge >= 0.3 is 0 Å². The highest BCUT2D eigenvalue weighted by Crippen LogP contribution is 2.43. The van der Waals surface area contributed by atoms with Gasteiger partial charge in [0.25, 0.3) is 11.7 Å². The number of hydrogen-bond donors (Lipinski definition) is 1. The number of aliphatic hydroxyl groups excluding tert-OH is 1. The summed E-state index contributed by atoms with van der Waals surface area (Å²) in [6, 6.07) is 20.3. The molecule has 1 saturated heterocycles. The fourth-order valence-corrected chi connectivity index (χ4v) is 5.40. The van der Waals surface area contributed by atoms with Gasteiger partial charge in [-0.05, 0) is 79.0 Å². The van der Waals surface area contributed by atoms with Crippen molar-refractivity contribution in [2.45, 2.75) is 58.4 Å². The molecule has 1 aliphatic carbocycles. The first kappa shape index (κ1) is 24.8. The molecule has 5 nitrogen and oxygen atoms in total. The van der Waals surface area contributed by atoms with E-state index in [0.717, 1.165) is 36.8 Å². The molecule has 1 N–H and O–H groups in total. The highest BCUT2D eigenvalue weighted by molar-refractivity contribution is 6.51. The van der Waals surface area contributed by atoms with Gasteiger partial charge < -0.3 is 9.84 Å². The van der Waals surface area contributed by atoms with Crippen LogP contribution < -0.4 is 9.64 Å². The molecule has 1 fully saturated rings. The molecule has 1 unspecified atom stereocenters. The van der Waals surface area contributed by atoms with Crippen molar-refractivity contribution in [2.24, 2.45) is 0 Å². The van der Waals surface area contributed by atoms with Crippen LogP contribution in [0.5, 0.6) is 5.75 Å². The summed E-state index contributed by atoms with van der Waals surface area (Å²) in [5.41, 5.74) is 5.66. The predicted molar refractivity (Wildman–Crippen MR) is 146 cm³/mol. The molecular formula is C32H33NO4. The maximum atomic E-state index is 13.5. The normalized spacial score (nSPS) is 18.8. The van der Waals surface area contributed by atoms with Crippen LogP contribution >= 0.6 is 0 Å². The van der Waals surface area contributed by atoms with E-state index in [4.69, 9.17) is 4.74 Å². The molecule has 1 amide bonds. The number of carbonyl (C=O) groups is 2. The number of aliphatic hydroxyl groups is 1. The number of ether oxygens (including phenoxy) is 1. The Bertz CT molecular complexity index is 1370. The van der Waals surface area contributed by atoms with Gasteiger partial charge in [0.05, 0.1) is 18.2 Å². The Morgan fingerprint density at radius 2 is 1.70 bits per heavy atom. The molecule has 1 heterocycles. The summed E-state index contributed by atoms with van der Waals surface area (Å²) in [7, 11) is 0. The molecule has 5 heteroatoms. The lowest BCUT2D eigenvalue weighted by atomic mass is 9.88. The number of nitrogens with zero attached hydrogens (tertiary/aromatic N) is 1. The van der Waals surface area contributed by atoms with Gasteiger partial charge in [0, 0.05) is 17.3 Å². The van der Waals surface area contributed by atoms with Gasteiger partial charge in [-0.1, -0.05) is 56.3 Å². The minimum Gasteiger partial charge on any atom is -0.507 e. The number of anilines is 1. The molecule has 37 heavy (non-hydrogen) atoms. The Morgan fingerprint density at radius 3 is 2.41 bits per heavy atom. The van der Waals surface area contributed by atoms with E-state index in [2.05, 4.69) is 13.8 Å². The first-order valence-electron chi connectivity index (χ1n) is 13.1. The maximum absolute atomic E-state index is 13.5. The van der Waals surface area contributed by atoms with Gasteiger partial charge in [-0.15, -0.1) is 0 Å². The molecule has 0 aromatic heterocycles. The van der Waals surface area contributed by atoms with E-state index < -0.39 is 17.7 Å². The summed E-state index contributed by atoms with van der Waals surface area (Å²) < 4.78 is 5.66. The largest absolute Gasteiger partial charge is 0.507 e. The van der Waals surface area contributed by atoms with E-state index in [0.29, 0.717) is 29.5 Å². The number of ketones is 1. The van der Waals surface area contributed by atoms with Crippen LogP contribution in [0.2, 0.25) is 0 Å². The molecule has 1 aliphatic heterocycles. The third-order valence-electron chi connectivity index (χ3n) is 7.39. The standard InChI is InChI=1S/C32H33NO4/c1-4-37-27-11-7-10-26(19-27)33-29(23-15-12-21(13-16-23)20(2)3)28(31(35)32(33)36)30(34)25-17-14-22-8-5-6-9-24(22)18-25/h7,10-20,29,34H,4-6,8-9H2,1-3H3/b30-28-. The first-order chi connectivity index (χ1) is 17.9. The van der Waals surface area contributed by atoms with E-state index in [1.807, 2.05) is 61.5 Å². The van der Waals surface area contributed by atoms with Crippen LogP contribution in [0.25, 0.3) is 5.76 Å². The third-order valence-corrected chi connectivity index (χ3v) is 7.39. The predicted octanol–water partition coefficient (Wildman–Crippen LogP) is 6.71. The molecule has 190 valence electrons. The average Bonchev–Trinajstić information content (AvgIpc) is 3.18. The second kappa shape index (κ2) is 10.3. The topological polar surface area (TPSA) is 66.8 Å². The van der Waals surface area contributed by atoms with E-state index >= 15 is 0 Å². The van der Waals surface area contributed by atoms with Gasteiger partial charge in [0.15, 0.2) is 0 Å². The number of aryl methyl sites for hydroxylation is 2. The first-order valence-corrected chi connectivity index (χ1v) is 13.1. The minimum atomic E-state index is -0.755. The lowest BCUT2D eigenvalue weighted by Gasteiger charge is -2.26. The quantitative estimate of drug-likeness (QED) is 0.234. The smallest absolute Gasteiger partial charge is 0.300 e. The fraction of sp³-hybridized carbons (Fsp3) is 0.312. The zero-order valence-corrected chi connectivity index (χ0v) is 21.7. The van der Waals surface area contributed by atoms with E-state index in [1.165, 1.54) is 16.0 Å². The minimum absolute atomic E-state index is 0.111. The van der Waals surface area contributed by atoms with Crippen molar-refractivity contribution >= 4 is 23.1 Å². The Morgan fingerprint density at radius 1 is 0.973 bits per heavy atom. The number of Topliss-reactive ketones (excluding diaryl/α,β-unsaturated/α-hetero) is 1. The lowest BCUT2D eigenvalue weighted by Crippen LogP contribution is -2.29. The van der Waals surface area contributed by atoms with Crippen molar-refractivity contribution in [3.05, 3.63) is 100 Å². The Hall–Kier alpha value is -3.86. The van der Waals surface area contributed by atoms with Gasteiger partial charge in [0.1, 0.15) is 11.5 Å². The number of carbonyl (C=O) groups excluding carboxylic acids is 2.